The van der Waals surface area contributed by atoms with Crippen molar-refractivity contribution < 1.29 is 4.39 Å². The van der Waals surface area contributed by atoms with E-state index < -0.39 is 5.82 Å². The van der Waals surface area contributed by atoms with Gasteiger partial charge in [-0.25, -0.2) is 9.37 Å². The van der Waals surface area contributed by atoms with Gasteiger partial charge in [0.25, 0.3) is 0 Å². The van der Waals surface area contributed by atoms with Gasteiger partial charge in [-0.2, -0.15) is 4.98 Å². The van der Waals surface area contributed by atoms with Gasteiger partial charge in [0.2, 0.25) is 5.28 Å². The zero-order valence-corrected chi connectivity index (χ0v) is 11.6. The van der Waals surface area contributed by atoms with Crippen molar-refractivity contribution in [2.75, 3.05) is 5.32 Å². The van der Waals surface area contributed by atoms with Crippen LogP contribution in [-0.4, -0.2) is 9.97 Å². The van der Waals surface area contributed by atoms with Crippen molar-refractivity contribution in [1.29, 1.82) is 0 Å². The van der Waals surface area contributed by atoms with Gasteiger partial charge in [-0.1, -0.05) is 19.9 Å². The second-order valence-electron chi connectivity index (χ2n) is 4.22. The maximum absolute atomic E-state index is 13.6. The maximum atomic E-state index is 13.6. The van der Waals surface area contributed by atoms with Crippen molar-refractivity contribution >= 4 is 28.8 Å². The van der Waals surface area contributed by atoms with Gasteiger partial charge in [0.1, 0.15) is 0 Å². The van der Waals surface area contributed by atoms with E-state index in [1.807, 2.05) is 17.5 Å². The molecule has 0 aromatic carbocycles. The van der Waals surface area contributed by atoms with Crippen LogP contribution in [0.4, 0.5) is 10.2 Å². The predicted octanol–water partition coefficient (Wildman–Crippen LogP) is 4.14. The zero-order chi connectivity index (χ0) is 13.1. The standard InChI is InChI=1S/C12H13ClFN3S/c1-7(2)10(9-4-3-5-18-9)16-11-8(14)6-15-12(13)17-11/h3-7,10H,1-2H3,(H,15,16,17). The topological polar surface area (TPSA) is 37.8 Å². The molecule has 6 heteroatoms. The first-order valence-electron chi connectivity index (χ1n) is 5.56. The van der Waals surface area contributed by atoms with E-state index in [4.69, 9.17) is 11.6 Å². The van der Waals surface area contributed by atoms with Gasteiger partial charge < -0.3 is 5.32 Å². The molecule has 2 aromatic heterocycles. The summed E-state index contributed by atoms with van der Waals surface area (Å²) < 4.78 is 13.6. The molecule has 0 saturated heterocycles. The molecule has 0 radical (unpaired) electrons. The lowest BCUT2D eigenvalue weighted by molar-refractivity contribution is 0.542. The average Bonchev–Trinajstić information content (AvgIpc) is 2.83. The number of halogens is 2. The van der Waals surface area contributed by atoms with Crippen LogP contribution in [0.15, 0.2) is 23.7 Å². The number of aromatic nitrogens is 2. The van der Waals surface area contributed by atoms with Crippen molar-refractivity contribution in [2.24, 2.45) is 5.92 Å². The summed E-state index contributed by atoms with van der Waals surface area (Å²) in [6.07, 6.45) is 1.07. The molecule has 2 rings (SSSR count). The summed E-state index contributed by atoms with van der Waals surface area (Å²) in [5.74, 6) is -0.0551. The molecule has 0 spiro atoms. The van der Waals surface area contributed by atoms with Crippen molar-refractivity contribution in [3.05, 3.63) is 39.7 Å². The fourth-order valence-corrected chi connectivity index (χ4v) is 2.71. The van der Waals surface area contributed by atoms with E-state index >= 15 is 0 Å². The normalized spacial score (nSPS) is 12.7. The molecule has 3 nitrogen and oxygen atoms in total. The third kappa shape index (κ3) is 2.97. The van der Waals surface area contributed by atoms with Crippen molar-refractivity contribution in [1.82, 2.24) is 9.97 Å². The predicted molar refractivity (Wildman–Crippen MR) is 72.5 cm³/mol. The summed E-state index contributed by atoms with van der Waals surface area (Å²) in [6, 6.07) is 3.99. The number of nitrogens with zero attached hydrogens (tertiary/aromatic N) is 2. The number of hydrogen-bond donors (Lipinski definition) is 1. The maximum Gasteiger partial charge on any atom is 0.224 e. The third-order valence-corrected chi connectivity index (χ3v) is 3.66. The molecule has 0 saturated carbocycles. The van der Waals surface area contributed by atoms with Crippen LogP contribution in [0.1, 0.15) is 24.8 Å². The Bertz CT molecular complexity index is 516. The van der Waals surface area contributed by atoms with E-state index in [1.54, 1.807) is 11.3 Å². The summed E-state index contributed by atoms with van der Waals surface area (Å²) in [5.41, 5.74) is 0. The van der Waals surface area contributed by atoms with Gasteiger partial charge in [0.15, 0.2) is 11.6 Å². The molecule has 0 aliphatic rings. The highest BCUT2D eigenvalue weighted by Crippen LogP contribution is 2.29. The van der Waals surface area contributed by atoms with Crippen LogP contribution in [-0.2, 0) is 0 Å². The van der Waals surface area contributed by atoms with Crippen LogP contribution < -0.4 is 5.32 Å². The molecule has 96 valence electrons. The molecular formula is C12H13ClFN3S. The van der Waals surface area contributed by atoms with Gasteiger partial charge in [-0.15, -0.1) is 11.3 Å². The quantitative estimate of drug-likeness (QED) is 0.858. The first-order chi connectivity index (χ1) is 8.58. The van der Waals surface area contributed by atoms with Gasteiger partial charge in [-0.05, 0) is 29.0 Å². The van der Waals surface area contributed by atoms with E-state index in [0.717, 1.165) is 11.1 Å². The Morgan fingerprint density at radius 2 is 2.22 bits per heavy atom. The van der Waals surface area contributed by atoms with E-state index in [9.17, 15) is 4.39 Å². The van der Waals surface area contributed by atoms with Crippen molar-refractivity contribution in [2.45, 2.75) is 19.9 Å². The summed E-state index contributed by atoms with van der Waals surface area (Å²) >= 11 is 7.31. The Kier molecular flexibility index (Phi) is 4.14. The van der Waals surface area contributed by atoms with Crippen LogP contribution in [0.3, 0.4) is 0 Å². The van der Waals surface area contributed by atoms with Crippen LogP contribution in [0.5, 0.6) is 0 Å². The van der Waals surface area contributed by atoms with Gasteiger partial charge >= 0.3 is 0 Å². The Morgan fingerprint density at radius 3 is 2.83 bits per heavy atom. The average molecular weight is 286 g/mol. The Morgan fingerprint density at radius 1 is 1.44 bits per heavy atom. The molecule has 0 bridgehead atoms. The Labute approximate surface area is 114 Å². The second-order valence-corrected chi connectivity index (χ2v) is 5.53. The minimum Gasteiger partial charge on any atom is -0.360 e. The van der Waals surface area contributed by atoms with Crippen LogP contribution in [0.25, 0.3) is 0 Å². The van der Waals surface area contributed by atoms with E-state index in [0.29, 0.717) is 5.92 Å². The minimum absolute atomic E-state index is 0.00506. The highest BCUT2D eigenvalue weighted by molar-refractivity contribution is 7.10. The first kappa shape index (κ1) is 13.2. The highest BCUT2D eigenvalue weighted by atomic mass is 35.5. The molecule has 1 unspecified atom stereocenters. The fraction of sp³-hybridized carbons (Fsp3) is 0.333. The lowest BCUT2D eigenvalue weighted by Gasteiger charge is -2.21. The van der Waals surface area contributed by atoms with E-state index in [2.05, 4.69) is 29.1 Å². The number of thiophene rings is 1. The highest BCUT2D eigenvalue weighted by Gasteiger charge is 2.19. The Hall–Kier alpha value is -1.20. The minimum atomic E-state index is -0.499. The molecule has 1 N–H and O–H groups in total. The van der Waals surface area contributed by atoms with Gasteiger partial charge in [0, 0.05) is 4.88 Å². The van der Waals surface area contributed by atoms with Gasteiger partial charge in [0.05, 0.1) is 12.2 Å². The molecule has 0 fully saturated rings. The van der Waals surface area contributed by atoms with Crippen LogP contribution in [0, 0.1) is 11.7 Å². The monoisotopic (exact) mass is 285 g/mol. The van der Waals surface area contributed by atoms with Crippen molar-refractivity contribution in [3.63, 3.8) is 0 Å². The molecule has 2 aromatic rings. The molecule has 1 atom stereocenters. The lowest BCUT2D eigenvalue weighted by Crippen LogP contribution is -2.17. The number of rotatable bonds is 4. The molecule has 0 amide bonds. The number of anilines is 1. The summed E-state index contributed by atoms with van der Waals surface area (Å²) in [7, 11) is 0. The zero-order valence-electron chi connectivity index (χ0n) is 10.0. The number of nitrogens with one attached hydrogen (secondary N) is 1. The van der Waals surface area contributed by atoms with Gasteiger partial charge in [-0.3, -0.25) is 0 Å². The molecule has 2 heterocycles. The fourth-order valence-electron chi connectivity index (χ4n) is 1.63. The van der Waals surface area contributed by atoms with E-state index in [-0.39, 0.29) is 17.1 Å². The third-order valence-electron chi connectivity index (χ3n) is 2.52. The van der Waals surface area contributed by atoms with Crippen LogP contribution >= 0.6 is 22.9 Å². The molecule has 0 aliphatic heterocycles. The molecular weight excluding hydrogens is 273 g/mol. The SMILES string of the molecule is CC(C)C(Nc1nc(Cl)ncc1F)c1cccs1. The molecule has 18 heavy (non-hydrogen) atoms. The summed E-state index contributed by atoms with van der Waals surface area (Å²) in [6.45, 7) is 4.14. The largest absolute Gasteiger partial charge is 0.360 e. The smallest absolute Gasteiger partial charge is 0.224 e. The van der Waals surface area contributed by atoms with E-state index in [1.165, 1.54) is 0 Å². The van der Waals surface area contributed by atoms with Crippen molar-refractivity contribution in [3.8, 4) is 0 Å². The summed E-state index contributed by atoms with van der Waals surface area (Å²) in [5, 5.41) is 5.12. The first-order valence-corrected chi connectivity index (χ1v) is 6.81. The van der Waals surface area contributed by atoms with Crippen LogP contribution in [0.2, 0.25) is 5.28 Å². The lowest BCUT2D eigenvalue weighted by atomic mass is 10.0. The Balaban J connectivity index is 2.27. The number of hydrogen-bond acceptors (Lipinski definition) is 4. The molecule has 0 aliphatic carbocycles. The second kappa shape index (κ2) is 5.63. The summed E-state index contributed by atoms with van der Waals surface area (Å²) in [4.78, 5) is 8.61.